The number of ether oxygens (including phenoxy) is 2. The number of nitrogens with zero attached hydrogens (tertiary/aromatic N) is 2. The third kappa shape index (κ3) is 4.88. The summed E-state index contributed by atoms with van der Waals surface area (Å²) in [5, 5.41) is 3.36. The van der Waals surface area contributed by atoms with Crippen LogP contribution < -0.4 is 14.8 Å². The largest absolute Gasteiger partial charge is 0.497 e. The van der Waals surface area contributed by atoms with Gasteiger partial charge in [0.05, 0.1) is 19.9 Å². The van der Waals surface area contributed by atoms with Crippen molar-refractivity contribution in [3.05, 3.63) is 72.3 Å². The van der Waals surface area contributed by atoms with Crippen LogP contribution in [0.5, 0.6) is 11.8 Å². The van der Waals surface area contributed by atoms with Crippen LogP contribution in [-0.2, 0) is 6.42 Å². The predicted molar refractivity (Wildman–Crippen MR) is 114 cm³/mol. The van der Waals surface area contributed by atoms with Gasteiger partial charge in [0.1, 0.15) is 11.6 Å². The zero-order valence-corrected chi connectivity index (χ0v) is 16.5. The molecule has 0 aliphatic heterocycles. The van der Waals surface area contributed by atoms with Gasteiger partial charge < -0.3 is 14.8 Å². The van der Waals surface area contributed by atoms with Crippen molar-refractivity contribution in [1.82, 2.24) is 9.97 Å². The second-order valence-electron chi connectivity index (χ2n) is 6.51. The molecule has 1 heterocycles. The smallest absolute Gasteiger partial charge is 0.318 e. The molecule has 0 bridgehead atoms. The number of allylic oxidation sites excluding steroid dienone is 1. The van der Waals surface area contributed by atoms with Crippen molar-refractivity contribution in [2.24, 2.45) is 0 Å². The molecule has 0 unspecified atom stereocenters. The summed E-state index contributed by atoms with van der Waals surface area (Å²) in [6, 6.07) is 18.5. The van der Waals surface area contributed by atoms with Gasteiger partial charge in [-0.1, -0.05) is 42.5 Å². The first-order chi connectivity index (χ1) is 13.6. The first kappa shape index (κ1) is 19.4. The third-order valence-electron chi connectivity index (χ3n) is 4.42. The monoisotopic (exact) mass is 375 g/mol. The molecule has 5 heteroatoms. The topological polar surface area (TPSA) is 56.3 Å². The molecule has 0 aliphatic rings. The summed E-state index contributed by atoms with van der Waals surface area (Å²) in [7, 11) is 3.24. The van der Waals surface area contributed by atoms with Crippen LogP contribution in [0, 0.1) is 0 Å². The quantitative estimate of drug-likeness (QED) is 0.610. The van der Waals surface area contributed by atoms with E-state index in [-0.39, 0.29) is 0 Å². The summed E-state index contributed by atoms with van der Waals surface area (Å²) in [6.07, 6.45) is 0.872. The Hall–Kier alpha value is -3.34. The molecule has 144 valence electrons. The van der Waals surface area contributed by atoms with Gasteiger partial charge in [-0.25, -0.2) is 0 Å². The van der Waals surface area contributed by atoms with Crippen molar-refractivity contribution in [2.75, 3.05) is 26.1 Å². The third-order valence-corrected chi connectivity index (χ3v) is 4.42. The minimum absolute atomic E-state index is 0.338. The highest BCUT2D eigenvalue weighted by Crippen LogP contribution is 2.25. The van der Waals surface area contributed by atoms with E-state index in [9.17, 15) is 0 Å². The first-order valence-corrected chi connectivity index (χ1v) is 9.15. The molecule has 0 aliphatic carbocycles. The molecule has 5 nitrogen and oxygen atoms in total. The minimum atomic E-state index is 0.338. The Labute approximate surface area is 166 Å². The molecule has 0 fully saturated rings. The Morgan fingerprint density at radius 2 is 1.79 bits per heavy atom. The average Bonchev–Trinajstić information content (AvgIpc) is 2.74. The van der Waals surface area contributed by atoms with E-state index in [1.807, 2.05) is 43.3 Å². The van der Waals surface area contributed by atoms with Crippen LogP contribution >= 0.6 is 0 Å². The fourth-order valence-electron chi connectivity index (χ4n) is 2.83. The first-order valence-electron chi connectivity index (χ1n) is 9.15. The van der Waals surface area contributed by atoms with Crippen molar-refractivity contribution < 1.29 is 9.47 Å². The summed E-state index contributed by atoms with van der Waals surface area (Å²) in [5.74, 6) is 1.59. The van der Waals surface area contributed by atoms with Crippen LogP contribution in [0.15, 0.2) is 61.2 Å². The molecule has 3 rings (SSSR count). The normalized spacial score (nSPS) is 10.4. The summed E-state index contributed by atoms with van der Waals surface area (Å²) in [5.41, 5.74) is 5.13. The van der Waals surface area contributed by atoms with Gasteiger partial charge in [-0.15, -0.1) is 0 Å². The number of rotatable bonds is 8. The molecule has 1 N–H and O–H groups in total. The molecule has 1 aromatic heterocycles. The summed E-state index contributed by atoms with van der Waals surface area (Å²) in [4.78, 5) is 8.90. The van der Waals surface area contributed by atoms with E-state index >= 15 is 0 Å². The fraction of sp³-hybridized carbons (Fsp3) is 0.217. The van der Waals surface area contributed by atoms with Gasteiger partial charge in [-0.05, 0) is 42.7 Å². The number of aromatic nitrogens is 2. The molecule has 0 spiro atoms. The predicted octanol–water partition coefficient (Wildman–Crippen LogP) is 4.85. The lowest BCUT2D eigenvalue weighted by molar-refractivity contribution is 0.381. The van der Waals surface area contributed by atoms with Gasteiger partial charge in [0, 0.05) is 18.2 Å². The Balaban J connectivity index is 1.75. The minimum Gasteiger partial charge on any atom is -0.497 e. The average molecular weight is 375 g/mol. The molecule has 2 aromatic carbocycles. The van der Waals surface area contributed by atoms with E-state index in [1.165, 1.54) is 5.56 Å². The zero-order valence-electron chi connectivity index (χ0n) is 16.5. The van der Waals surface area contributed by atoms with Gasteiger partial charge in [0.2, 0.25) is 0 Å². The van der Waals surface area contributed by atoms with Crippen LogP contribution in [0.3, 0.4) is 0 Å². The summed E-state index contributed by atoms with van der Waals surface area (Å²) < 4.78 is 10.5. The lowest BCUT2D eigenvalue weighted by atomic mass is 10.0. The van der Waals surface area contributed by atoms with Crippen LogP contribution in [0.4, 0.5) is 5.82 Å². The fourth-order valence-corrected chi connectivity index (χ4v) is 2.83. The van der Waals surface area contributed by atoms with Crippen molar-refractivity contribution in [3.8, 4) is 23.0 Å². The number of hydrogen-bond donors (Lipinski definition) is 1. The molecule has 0 amide bonds. The van der Waals surface area contributed by atoms with Gasteiger partial charge in [-0.2, -0.15) is 9.97 Å². The molecular formula is C23H25N3O2. The molecule has 0 radical (unpaired) electrons. The lowest BCUT2D eigenvalue weighted by Crippen LogP contribution is -2.08. The highest BCUT2D eigenvalue weighted by Gasteiger charge is 2.08. The van der Waals surface area contributed by atoms with E-state index in [4.69, 9.17) is 9.47 Å². The Morgan fingerprint density at radius 1 is 1.00 bits per heavy atom. The van der Waals surface area contributed by atoms with Crippen LogP contribution in [0.25, 0.3) is 16.8 Å². The second-order valence-corrected chi connectivity index (χ2v) is 6.51. The number of benzene rings is 2. The maximum atomic E-state index is 5.29. The van der Waals surface area contributed by atoms with Gasteiger partial charge >= 0.3 is 6.01 Å². The van der Waals surface area contributed by atoms with Crippen molar-refractivity contribution in [3.63, 3.8) is 0 Å². The van der Waals surface area contributed by atoms with Crippen LogP contribution in [0.2, 0.25) is 0 Å². The zero-order chi connectivity index (χ0) is 19.9. The Bertz CT molecular complexity index is 952. The van der Waals surface area contributed by atoms with E-state index in [2.05, 4.69) is 40.1 Å². The van der Waals surface area contributed by atoms with Gasteiger partial charge in [0.25, 0.3) is 0 Å². The van der Waals surface area contributed by atoms with Crippen LogP contribution in [0.1, 0.15) is 18.1 Å². The van der Waals surface area contributed by atoms with Crippen molar-refractivity contribution in [1.29, 1.82) is 0 Å². The summed E-state index contributed by atoms with van der Waals surface area (Å²) >= 11 is 0. The molecule has 28 heavy (non-hydrogen) atoms. The molecule has 3 aromatic rings. The van der Waals surface area contributed by atoms with Crippen molar-refractivity contribution >= 4 is 11.4 Å². The maximum Gasteiger partial charge on any atom is 0.318 e. The lowest BCUT2D eigenvalue weighted by Gasteiger charge is -2.11. The highest BCUT2D eigenvalue weighted by molar-refractivity contribution is 5.70. The van der Waals surface area contributed by atoms with E-state index in [1.54, 1.807) is 14.2 Å². The Morgan fingerprint density at radius 3 is 2.46 bits per heavy atom. The SMILES string of the molecule is C=C(C)c1cccc(-c2cc(NCCc3ccc(OC)cc3)nc(OC)n2)c1. The number of hydrogen-bond acceptors (Lipinski definition) is 5. The standard InChI is InChI=1S/C23H25N3O2/c1-16(2)18-6-5-7-19(14-18)21-15-22(26-23(25-21)28-4)24-13-12-17-8-10-20(27-3)11-9-17/h5-11,14-15H,1,12-13H2,2-4H3,(H,24,25,26). The van der Waals surface area contributed by atoms with Crippen molar-refractivity contribution in [2.45, 2.75) is 13.3 Å². The number of nitrogens with one attached hydrogen (secondary N) is 1. The number of anilines is 1. The van der Waals surface area contributed by atoms with E-state index < -0.39 is 0 Å². The summed E-state index contributed by atoms with van der Waals surface area (Å²) in [6.45, 7) is 6.75. The highest BCUT2D eigenvalue weighted by atomic mass is 16.5. The molecular weight excluding hydrogens is 350 g/mol. The van der Waals surface area contributed by atoms with E-state index in [0.717, 1.165) is 46.9 Å². The molecule has 0 atom stereocenters. The Kier molecular flexibility index (Phi) is 6.27. The van der Waals surface area contributed by atoms with Crippen LogP contribution in [-0.4, -0.2) is 30.7 Å². The number of methoxy groups -OCH3 is 2. The van der Waals surface area contributed by atoms with E-state index in [0.29, 0.717) is 6.01 Å². The van der Waals surface area contributed by atoms with Gasteiger partial charge in [-0.3, -0.25) is 0 Å². The maximum absolute atomic E-state index is 5.29. The van der Waals surface area contributed by atoms with Gasteiger partial charge in [0.15, 0.2) is 0 Å². The molecule has 0 saturated carbocycles. The molecule has 0 saturated heterocycles. The second kappa shape index (κ2) is 9.04.